The molecular weight excluding hydrogens is 194 g/mol. The van der Waals surface area contributed by atoms with Gasteiger partial charge in [0.05, 0.1) is 6.10 Å². The molecule has 0 spiro atoms. The number of primary amides is 1. The van der Waals surface area contributed by atoms with Crippen molar-refractivity contribution in [3.8, 4) is 0 Å². The SMILES string of the molecule is NC(=O)c1cc(N2CCC(O)C2)ccn1. The number of aromatic nitrogens is 1. The average molecular weight is 207 g/mol. The highest BCUT2D eigenvalue weighted by Gasteiger charge is 2.20. The molecule has 2 rings (SSSR count). The first kappa shape index (κ1) is 9.92. The van der Waals surface area contributed by atoms with Gasteiger partial charge in [-0.2, -0.15) is 0 Å². The molecule has 1 atom stereocenters. The largest absolute Gasteiger partial charge is 0.391 e. The number of amides is 1. The molecule has 1 aromatic rings. The Kier molecular flexibility index (Phi) is 2.55. The number of nitrogens with zero attached hydrogens (tertiary/aromatic N) is 2. The molecule has 5 heteroatoms. The molecule has 80 valence electrons. The van der Waals surface area contributed by atoms with Gasteiger partial charge in [0.25, 0.3) is 5.91 Å². The topological polar surface area (TPSA) is 79.5 Å². The molecule has 15 heavy (non-hydrogen) atoms. The predicted molar refractivity (Wildman–Crippen MR) is 55.6 cm³/mol. The van der Waals surface area contributed by atoms with Crippen molar-refractivity contribution in [2.75, 3.05) is 18.0 Å². The summed E-state index contributed by atoms with van der Waals surface area (Å²) < 4.78 is 0. The van der Waals surface area contributed by atoms with Crippen LogP contribution in [0.1, 0.15) is 16.9 Å². The van der Waals surface area contributed by atoms with Crippen molar-refractivity contribution in [2.45, 2.75) is 12.5 Å². The molecular formula is C10H13N3O2. The molecule has 1 fully saturated rings. The summed E-state index contributed by atoms with van der Waals surface area (Å²) in [7, 11) is 0. The van der Waals surface area contributed by atoms with Crippen molar-refractivity contribution in [3.63, 3.8) is 0 Å². The van der Waals surface area contributed by atoms with Crippen LogP contribution in [0.25, 0.3) is 0 Å². The maximum absolute atomic E-state index is 10.9. The van der Waals surface area contributed by atoms with E-state index in [0.717, 1.165) is 18.7 Å². The van der Waals surface area contributed by atoms with E-state index in [1.165, 1.54) is 0 Å². The predicted octanol–water partition coefficient (Wildman–Crippen LogP) is -0.249. The third kappa shape index (κ3) is 2.07. The molecule has 0 saturated carbocycles. The lowest BCUT2D eigenvalue weighted by atomic mass is 10.3. The summed E-state index contributed by atoms with van der Waals surface area (Å²) in [5.41, 5.74) is 6.28. The van der Waals surface area contributed by atoms with Gasteiger partial charge in [-0.25, -0.2) is 0 Å². The second-order valence-electron chi connectivity index (χ2n) is 3.65. The molecule has 1 unspecified atom stereocenters. The van der Waals surface area contributed by atoms with Crippen LogP contribution in [0, 0.1) is 0 Å². The molecule has 2 heterocycles. The van der Waals surface area contributed by atoms with Gasteiger partial charge in [0.1, 0.15) is 5.69 Å². The number of hydrogen-bond donors (Lipinski definition) is 2. The first-order valence-electron chi connectivity index (χ1n) is 4.85. The average Bonchev–Trinajstić information content (AvgIpc) is 2.65. The van der Waals surface area contributed by atoms with Crippen LogP contribution in [0.5, 0.6) is 0 Å². The van der Waals surface area contributed by atoms with E-state index in [9.17, 15) is 9.90 Å². The number of carbonyl (C=O) groups excluding carboxylic acids is 1. The number of aliphatic hydroxyl groups is 1. The van der Waals surface area contributed by atoms with Crippen LogP contribution in [0.4, 0.5) is 5.69 Å². The summed E-state index contributed by atoms with van der Waals surface area (Å²) in [6.07, 6.45) is 2.03. The van der Waals surface area contributed by atoms with E-state index >= 15 is 0 Å². The van der Waals surface area contributed by atoms with Crippen LogP contribution in [-0.4, -0.2) is 35.2 Å². The number of β-amino-alcohol motifs (C(OH)–C–C–N with tert-alkyl or cyclic N) is 1. The zero-order valence-corrected chi connectivity index (χ0v) is 8.26. The van der Waals surface area contributed by atoms with Gasteiger partial charge in [-0.15, -0.1) is 0 Å². The third-order valence-electron chi connectivity index (χ3n) is 2.52. The molecule has 1 aliphatic heterocycles. The van der Waals surface area contributed by atoms with Gasteiger partial charge < -0.3 is 15.7 Å². The van der Waals surface area contributed by atoms with E-state index in [-0.39, 0.29) is 11.8 Å². The first-order valence-corrected chi connectivity index (χ1v) is 4.85. The van der Waals surface area contributed by atoms with Crippen LogP contribution >= 0.6 is 0 Å². The van der Waals surface area contributed by atoms with E-state index in [4.69, 9.17) is 5.73 Å². The number of anilines is 1. The molecule has 1 aromatic heterocycles. The minimum absolute atomic E-state index is 0.258. The maximum atomic E-state index is 10.9. The van der Waals surface area contributed by atoms with Crippen molar-refractivity contribution >= 4 is 11.6 Å². The lowest BCUT2D eigenvalue weighted by Crippen LogP contribution is -2.22. The molecule has 1 aliphatic rings. The lowest BCUT2D eigenvalue weighted by molar-refractivity contribution is 0.0995. The highest BCUT2D eigenvalue weighted by atomic mass is 16.3. The van der Waals surface area contributed by atoms with Gasteiger partial charge >= 0.3 is 0 Å². The highest BCUT2D eigenvalue weighted by Crippen LogP contribution is 2.20. The van der Waals surface area contributed by atoms with Gasteiger partial charge in [-0.1, -0.05) is 0 Å². The Hall–Kier alpha value is -1.62. The van der Waals surface area contributed by atoms with Crippen molar-refractivity contribution in [1.29, 1.82) is 0 Å². The number of rotatable bonds is 2. The van der Waals surface area contributed by atoms with E-state index < -0.39 is 5.91 Å². The van der Waals surface area contributed by atoms with Gasteiger partial charge in [-0.05, 0) is 18.6 Å². The fourth-order valence-electron chi connectivity index (χ4n) is 1.73. The monoisotopic (exact) mass is 207 g/mol. The second-order valence-corrected chi connectivity index (χ2v) is 3.65. The summed E-state index contributed by atoms with van der Waals surface area (Å²) in [4.78, 5) is 16.8. The minimum atomic E-state index is -0.531. The van der Waals surface area contributed by atoms with Crippen molar-refractivity contribution in [3.05, 3.63) is 24.0 Å². The Labute approximate surface area is 87.5 Å². The lowest BCUT2D eigenvalue weighted by Gasteiger charge is -2.17. The summed E-state index contributed by atoms with van der Waals surface area (Å²) >= 11 is 0. The zero-order chi connectivity index (χ0) is 10.8. The third-order valence-corrected chi connectivity index (χ3v) is 2.52. The van der Waals surface area contributed by atoms with Crippen LogP contribution in [0.3, 0.4) is 0 Å². The van der Waals surface area contributed by atoms with Crippen LogP contribution in [0.2, 0.25) is 0 Å². The Bertz CT molecular complexity index is 381. The molecule has 0 aliphatic carbocycles. The van der Waals surface area contributed by atoms with Gasteiger partial charge in [0.2, 0.25) is 0 Å². The van der Waals surface area contributed by atoms with E-state index in [0.29, 0.717) is 6.54 Å². The summed E-state index contributed by atoms with van der Waals surface area (Å²) in [6.45, 7) is 1.39. The van der Waals surface area contributed by atoms with Crippen molar-refractivity contribution < 1.29 is 9.90 Å². The zero-order valence-electron chi connectivity index (χ0n) is 8.26. The Morgan fingerprint density at radius 1 is 1.67 bits per heavy atom. The fourth-order valence-corrected chi connectivity index (χ4v) is 1.73. The van der Waals surface area contributed by atoms with Crippen LogP contribution in [0.15, 0.2) is 18.3 Å². The summed E-state index contributed by atoms with van der Waals surface area (Å²) in [5.74, 6) is -0.531. The van der Waals surface area contributed by atoms with Crippen molar-refractivity contribution in [1.82, 2.24) is 4.98 Å². The number of hydrogen-bond acceptors (Lipinski definition) is 4. The number of nitrogens with two attached hydrogens (primary N) is 1. The normalized spacial score (nSPS) is 20.6. The van der Waals surface area contributed by atoms with Crippen LogP contribution < -0.4 is 10.6 Å². The van der Waals surface area contributed by atoms with Crippen molar-refractivity contribution in [2.24, 2.45) is 5.73 Å². The number of aliphatic hydroxyl groups excluding tert-OH is 1. The molecule has 0 bridgehead atoms. The molecule has 0 radical (unpaired) electrons. The fraction of sp³-hybridized carbons (Fsp3) is 0.400. The first-order chi connectivity index (χ1) is 7.16. The van der Waals surface area contributed by atoms with Crippen LogP contribution in [-0.2, 0) is 0 Å². The quantitative estimate of drug-likeness (QED) is 0.701. The summed E-state index contributed by atoms with van der Waals surface area (Å²) in [6, 6.07) is 3.46. The van der Waals surface area contributed by atoms with E-state index in [1.807, 2.05) is 11.0 Å². The second kappa shape index (κ2) is 3.86. The maximum Gasteiger partial charge on any atom is 0.267 e. The Morgan fingerprint density at radius 3 is 3.07 bits per heavy atom. The number of carbonyl (C=O) groups is 1. The van der Waals surface area contributed by atoms with Gasteiger partial charge in [-0.3, -0.25) is 9.78 Å². The molecule has 5 nitrogen and oxygen atoms in total. The molecule has 3 N–H and O–H groups in total. The molecule has 1 amide bonds. The summed E-state index contributed by atoms with van der Waals surface area (Å²) in [5, 5.41) is 9.39. The van der Waals surface area contributed by atoms with Gasteiger partial charge in [0.15, 0.2) is 0 Å². The number of pyridine rings is 1. The minimum Gasteiger partial charge on any atom is -0.391 e. The smallest absolute Gasteiger partial charge is 0.267 e. The molecule has 1 saturated heterocycles. The van der Waals surface area contributed by atoms with E-state index in [2.05, 4.69) is 4.98 Å². The Balaban J connectivity index is 2.21. The van der Waals surface area contributed by atoms with E-state index in [1.54, 1.807) is 12.3 Å². The molecule has 0 aromatic carbocycles. The highest BCUT2D eigenvalue weighted by molar-refractivity contribution is 5.91. The Morgan fingerprint density at radius 2 is 2.47 bits per heavy atom. The van der Waals surface area contributed by atoms with Gasteiger partial charge in [0, 0.05) is 25.0 Å². The standard InChI is InChI=1S/C10H13N3O2/c11-10(15)9-5-7(1-3-12-9)13-4-2-8(14)6-13/h1,3,5,8,14H,2,4,6H2,(H2,11,15).